The number of likely N-dealkylation sites (tertiary alicyclic amines) is 1. The van der Waals surface area contributed by atoms with Gasteiger partial charge in [0.05, 0.1) is 6.04 Å². The third-order valence-electron chi connectivity index (χ3n) is 6.56. The van der Waals surface area contributed by atoms with Gasteiger partial charge in [-0.2, -0.15) is 0 Å². The molecule has 2 amide bonds. The number of hydrogen-bond donors (Lipinski definition) is 2. The maximum absolute atomic E-state index is 13.7. The number of nitrogens with two attached hydrogens (primary N) is 1. The zero-order valence-electron chi connectivity index (χ0n) is 20.8. The summed E-state index contributed by atoms with van der Waals surface area (Å²) in [5.74, 6) is -1.14. The maximum Gasteiger partial charge on any atom is 0.329 e. The Kier molecular flexibility index (Phi) is 9.05. The number of benzene rings is 3. The van der Waals surface area contributed by atoms with Crippen molar-refractivity contribution >= 4 is 17.8 Å². The smallest absolute Gasteiger partial charge is 0.329 e. The molecule has 1 aliphatic heterocycles. The molecule has 0 aliphatic carbocycles. The fourth-order valence-electron chi connectivity index (χ4n) is 4.59. The van der Waals surface area contributed by atoms with Gasteiger partial charge in [0.1, 0.15) is 18.7 Å². The molecule has 0 saturated carbocycles. The molecule has 7 heteroatoms. The van der Waals surface area contributed by atoms with Crippen LogP contribution in [0.25, 0.3) is 0 Å². The van der Waals surface area contributed by atoms with Gasteiger partial charge in [-0.25, -0.2) is 4.79 Å². The van der Waals surface area contributed by atoms with Gasteiger partial charge in [0.15, 0.2) is 0 Å². The molecule has 1 heterocycles. The van der Waals surface area contributed by atoms with Gasteiger partial charge in [0, 0.05) is 13.0 Å². The highest BCUT2D eigenvalue weighted by atomic mass is 16.5. The van der Waals surface area contributed by atoms with Crippen LogP contribution in [-0.2, 0) is 38.6 Å². The summed E-state index contributed by atoms with van der Waals surface area (Å²) in [6, 6.07) is 26.1. The van der Waals surface area contributed by atoms with E-state index in [0.29, 0.717) is 32.2 Å². The predicted molar refractivity (Wildman–Crippen MR) is 141 cm³/mol. The SMILES string of the molecule is N[C@H](Cc1ccccc1)C(=O)N[C@@H](Cc1ccccc1)C(=O)N1CCC[C@@H]1C(=O)OCc1ccccc1. The number of esters is 1. The average Bonchev–Trinajstić information content (AvgIpc) is 3.43. The molecule has 37 heavy (non-hydrogen) atoms. The Morgan fingerprint density at radius 2 is 1.38 bits per heavy atom. The highest BCUT2D eigenvalue weighted by molar-refractivity contribution is 5.92. The third kappa shape index (κ3) is 7.27. The van der Waals surface area contributed by atoms with Crippen LogP contribution in [0.4, 0.5) is 0 Å². The summed E-state index contributed by atoms with van der Waals surface area (Å²) in [5.41, 5.74) is 8.93. The van der Waals surface area contributed by atoms with Gasteiger partial charge in [-0.15, -0.1) is 0 Å². The van der Waals surface area contributed by atoms with E-state index in [0.717, 1.165) is 16.7 Å². The fourth-order valence-corrected chi connectivity index (χ4v) is 4.59. The van der Waals surface area contributed by atoms with Crippen LogP contribution >= 0.6 is 0 Å². The number of hydrogen-bond acceptors (Lipinski definition) is 5. The van der Waals surface area contributed by atoms with Crippen LogP contribution in [0.3, 0.4) is 0 Å². The van der Waals surface area contributed by atoms with Crippen molar-refractivity contribution in [2.45, 2.75) is 50.4 Å². The number of carbonyl (C=O) groups is 3. The summed E-state index contributed by atoms with van der Waals surface area (Å²) in [5, 5.41) is 2.87. The molecular weight excluding hydrogens is 466 g/mol. The van der Waals surface area contributed by atoms with E-state index in [2.05, 4.69) is 5.32 Å². The van der Waals surface area contributed by atoms with E-state index in [4.69, 9.17) is 10.5 Å². The first kappa shape index (κ1) is 26.1. The van der Waals surface area contributed by atoms with Crippen LogP contribution in [0.5, 0.6) is 0 Å². The molecule has 192 valence electrons. The number of amides is 2. The van der Waals surface area contributed by atoms with Crippen molar-refractivity contribution in [1.82, 2.24) is 10.2 Å². The first-order chi connectivity index (χ1) is 18.0. The molecule has 0 spiro atoms. The van der Waals surface area contributed by atoms with Crippen molar-refractivity contribution < 1.29 is 19.1 Å². The van der Waals surface area contributed by atoms with Gasteiger partial charge in [-0.3, -0.25) is 9.59 Å². The molecule has 0 radical (unpaired) electrons. The summed E-state index contributed by atoms with van der Waals surface area (Å²) < 4.78 is 5.54. The van der Waals surface area contributed by atoms with Crippen LogP contribution in [0.2, 0.25) is 0 Å². The van der Waals surface area contributed by atoms with E-state index in [-0.39, 0.29) is 12.5 Å². The van der Waals surface area contributed by atoms with Gasteiger partial charge in [-0.1, -0.05) is 91.0 Å². The van der Waals surface area contributed by atoms with E-state index in [1.165, 1.54) is 0 Å². The van der Waals surface area contributed by atoms with Crippen LogP contribution in [-0.4, -0.2) is 47.4 Å². The largest absolute Gasteiger partial charge is 0.459 e. The van der Waals surface area contributed by atoms with Crippen LogP contribution in [0, 0.1) is 0 Å². The van der Waals surface area contributed by atoms with Gasteiger partial charge in [-0.05, 0) is 36.0 Å². The molecule has 3 atom stereocenters. The predicted octanol–water partition coefficient (Wildman–Crippen LogP) is 3.02. The van der Waals surface area contributed by atoms with E-state index in [1.807, 2.05) is 91.0 Å². The minimum Gasteiger partial charge on any atom is -0.459 e. The number of nitrogens with zero attached hydrogens (tertiary/aromatic N) is 1. The quantitative estimate of drug-likeness (QED) is 0.418. The Morgan fingerprint density at radius 1 is 0.838 bits per heavy atom. The summed E-state index contributed by atoms with van der Waals surface area (Å²) in [7, 11) is 0. The fraction of sp³-hybridized carbons (Fsp3) is 0.300. The number of ether oxygens (including phenoxy) is 1. The average molecular weight is 500 g/mol. The molecule has 3 aromatic rings. The highest BCUT2D eigenvalue weighted by Crippen LogP contribution is 2.21. The second-order valence-corrected chi connectivity index (χ2v) is 9.33. The lowest BCUT2D eigenvalue weighted by atomic mass is 10.0. The molecule has 3 aromatic carbocycles. The van der Waals surface area contributed by atoms with E-state index in [9.17, 15) is 14.4 Å². The molecule has 4 rings (SSSR count). The topological polar surface area (TPSA) is 102 Å². The minimum absolute atomic E-state index is 0.150. The zero-order chi connectivity index (χ0) is 26.0. The molecule has 3 N–H and O–H groups in total. The van der Waals surface area contributed by atoms with Crippen molar-refractivity contribution in [2.75, 3.05) is 6.54 Å². The monoisotopic (exact) mass is 499 g/mol. The summed E-state index contributed by atoms with van der Waals surface area (Å²) >= 11 is 0. The molecule has 0 unspecified atom stereocenters. The molecule has 1 saturated heterocycles. The first-order valence-corrected chi connectivity index (χ1v) is 12.7. The van der Waals surface area contributed by atoms with Crippen molar-refractivity contribution in [3.63, 3.8) is 0 Å². The Labute approximate surface area is 217 Å². The number of rotatable bonds is 10. The first-order valence-electron chi connectivity index (χ1n) is 12.7. The van der Waals surface area contributed by atoms with Crippen molar-refractivity contribution in [3.05, 3.63) is 108 Å². The molecular formula is C30H33N3O4. The second kappa shape index (κ2) is 12.8. The number of carbonyl (C=O) groups excluding carboxylic acids is 3. The lowest BCUT2D eigenvalue weighted by Gasteiger charge is -2.29. The summed E-state index contributed by atoms with van der Waals surface area (Å²) in [6.07, 6.45) is 1.87. The molecule has 1 fully saturated rings. The van der Waals surface area contributed by atoms with Gasteiger partial charge in [0.25, 0.3) is 0 Å². The Bertz CT molecular complexity index is 1170. The Balaban J connectivity index is 1.45. The summed E-state index contributed by atoms with van der Waals surface area (Å²) in [6.45, 7) is 0.581. The van der Waals surface area contributed by atoms with Gasteiger partial charge in [0.2, 0.25) is 11.8 Å². The van der Waals surface area contributed by atoms with Crippen LogP contribution < -0.4 is 11.1 Å². The van der Waals surface area contributed by atoms with E-state index >= 15 is 0 Å². The van der Waals surface area contributed by atoms with E-state index < -0.39 is 30.0 Å². The second-order valence-electron chi connectivity index (χ2n) is 9.33. The van der Waals surface area contributed by atoms with Gasteiger partial charge < -0.3 is 20.7 Å². The van der Waals surface area contributed by atoms with Crippen molar-refractivity contribution in [3.8, 4) is 0 Å². The molecule has 0 aromatic heterocycles. The molecule has 0 bridgehead atoms. The molecule has 7 nitrogen and oxygen atoms in total. The third-order valence-corrected chi connectivity index (χ3v) is 6.56. The van der Waals surface area contributed by atoms with E-state index in [1.54, 1.807) is 4.90 Å². The lowest BCUT2D eigenvalue weighted by molar-refractivity contribution is -0.155. The highest BCUT2D eigenvalue weighted by Gasteiger charge is 2.39. The Hall–Kier alpha value is -3.97. The summed E-state index contributed by atoms with van der Waals surface area (Å²) in [4.78, 5) is 41.2. The lowest BCUT2D eigenvalue weighted by Crippen LogP contribution is -2.55. The molecule has 1 aliphatic rings. The minimum atomic E-state index is -0.848. The normalized spacial score (nSPS) is 16.6. The maximum atomic E-state index is 13.7. The van der Waals surface area contributed by atoms with Crippen LogP contribution in [0.1, 0.15) is 29.5 Å². The number of nitrogens with one attached hydrogen (secondary N) is 1. The standard InChI is InChI=1S/C30H33N3O4/c31-25(19-22-11-4-1-5-12-22)28(34)32-26(20-23-13-6-2-7-14-23)29(35)33-18-10-17-27(33)30(36)37-21-24-15-8-3-9-16-24/h1-9,11-16,25-27H,10,17-21,31H2,(H,32,34)/t25-,26+,27-/m1/s1. The van der Waals surface area contributed by atoms with Crippen LogP contribution in [0.15, 0.2) is 91.0 Å². The van der Waals surface area contributed by atoms with Crippen molar-refractivity contribution in [2.24, 2.45) is 5.73 Å². The Morgan fingerprint density at radius 3 is 1.97 bits per heavy atom. The van der Waals surface area contributed by atoms with Gasteiger partial charge >= 0.3 is 5.97 Å². The zero-order valence-corrected chi connectivity index (χ0v) is 20.8. The van der Waals surface area contributed by atoms with Crippen molar-refractivity contribution in [1.29, 1.82) is 0 Å².